The van der Waals surface area contributed by atoms with Crippen LogP contribution in [0, 0.1) is 23.2 Å². The van der Waals surface area contributed by atoms with Gasteiger partial charge in [0.15, 0.2) is 0 Å². The average molecular weight is 384 g/mol. The summed E-state index contributed by atoms with van der Waals surface area (Å²) in [5.41, 5.74) is 9.38. The SMILES string of the molecule is Cc1ccc(N)c(C)c1NC(=O)c1ccc(F)cc1I. The number of carbonyl (C=O) groups is 1. The molecule has 0 atom stereocenters. The first-order chi connectivity index (χ1) is 9.40. The lowest BCUT2D eigenvalue weighted by atomic mass is 10.1. The molecule has 0 bridgehead atoms. The maximum atomic E-state index is 13.1. The second-order valence-electron chi connectivity index (χ2n) is 4.55. The zero-order chi connectivity index (χ0) is 14.9. The molecule has 2 rings (SSSR count). The summed E-state index contributed by atoms with van der Waals surface area (Å²) in [4.78, 5) is 12.3. The molecule has 5 heteroatoms. The highest BCUT2D eigenvalue weighted by Crippen LogP contribution is 2.26. The van der Waals surface area contributed by atoms with Crippen molar-refractivity contribution in [3.63, 3.8) is 0 Å². The average Bonchev–Trinajstić information content (AvgIpc) is 2.39. The van der Waals surface area contributed by atoms with E-state index in [9.17, 15) is 9.18 Å². The highest BCUT2D eigenvalue weighted by Gasteiger charge is 2.14. The van der Waals surface area contributed by atoms with Crippen LogP contribution < -0.4 is 11.1 Å². The third kappa shape index (κ3) is 2.92. The summed E-state index contributed by atoms with van der Waals surface area (Å²) in [6.45, 7) is 3.76. The van der Waals surface area contributed by atoms with Crippen LogP contribution in [0.2, 0.25) is 0 Å². The van der Waals surface area contributed by atoms with E-state index < -0.39 is 0 Å². The number of rotatable bonds is 2. The highest BCUT2D eigenvalue weighted by atomic mass is 127. The van der Waals surface area contributed by atoms with Gasteiger partial charge in [-0.15, -0.1) is 0 Å². The molecule has 0 aliphatic rings. The topological polar surface area (TPSA) is 55.1 Å². The van der Waals surface area contributed by atoms with E-state index in [1.165, 1.54) is 18.2 Å². The van der Waals surface area contributed by atoms with Gasteiger partial charge in [-0.2, -0.15) is 0 Å². The second-order valence-corrected chi connectivity index (χ2v) is 5.71. The van der Waals surface area contributed by atoms with Crippen molar-refractivity contribution in [3.8, 4) is 0 Å². The van der Waals surface area contributed by atoms with E-state index in [1.54, 1.807) is 0 Å². The maximum Gasteiger partial charge on any atom is 0.256 e. The molecular formula is C15H14FIN2O. The number of nitrogens with one attached hydrogen (secondary N) is 1. The third-order valence-electron chi connectivity index (χ3n) is 3.13. The molecule has 1 amide bonds. The number of nitrogens with two attached hydrogens (primary N) is 1. The minimum atomic E-state index is -0.359. The highest BCUT2D eigenvalue weighted by molar-refractivity contribution is 14.1. The Balaban J connectivity index is 2.35. The number of aryl methyl sites for hydroxylation is 1. The maximum absolute atomic E-state index is 13.1. The largest absolute Gasteiger partial charge is 0.398 e. The van der Waals surface area contributed by atoms with E-state index in [2.05, 4.69) is 5.32 Å². The number of amides is 1. The molecule has 3 nitrogen and oxygen atoms in total. The van der Waals surface area contributed by atoms with Crippen molar-refractivity contribution in [2.45, 2.75) is 13.8 Å². The van der Waals surface area contributed by atoms with Gasteiger partial charge >= 0.3 is 0 Å². The third-order valence-corrected chi connectivity index (χ3v) is 4.02. The molecule has 20 heavy (non-hydrogen) atoms. The predicted octanol–water partition coefficient (Wildman–Crippen LogP) is 3.88. The molecule has 2 aromatic rings. The molecule has 0 radical (unpaired) electrons. The molecule has 0 aliphatic carbocycles. The van der Waals surface area contributed by atoms with Gasteiger partial charge in [-0.1, -0.05) is 6.07 Å². The van der Waals surface area contributed by atoms with Crippen LogP contribution in [-0.4, -0.2) is 5.91 Å². The summed E-state index contributed by atoms with van der Waals surface area (Å²) in [6.07, 6.45) is 0. The van der Waals surface area contributed by atoms with Crippen LogP contribution in [0.1, 0.15) is 21.5 Å². The summed E-state index contributed by atoms with van der Waals surface area (Å²) < 4.78 is 13.6. The molecule has 0 aromatic heterocycles. The van der Waals surface area contributed by atoms with E-state index >= 15 is 0 Å². The van der Waals surface area contributed by atoms with Gasteiger partial charge in [0.2, 0.25) is 0 Å². The van der Waals surface area contributed by atoms with Gasteiger partial charge in [0.25, 0.3) is 5.91 Å². The van der Waals surface area contributed by atoms with Gasteiger partial charge in [0, 0.05) is 14.9 Å². The number of anilines is 2. The lowest BCUT2D eigenvalue weighted by Gasteiger charge is -2.14. The Hall–Kier alpha value is -1.63. The quantitative estimate of drug-likeness (QED) is 0.610. The van der Waals surface area contributed by atoms with Crippen molar-refractivity contribution in [2.75, 3.05) is 11.1 Å². The van der Waals surface area contributed by atoms with Crippen molar-refractivity contribution < 1.29 is 9.18 Å². The fourth-order valence-corrected chi connectivity index (χ4v) is 2.63. The van der Waals surface area contributed by atoms with Gasteiger partial charge in [-0.05, 0) is 71.8 Å². The Labute approximate surface area is 130 Å². The Bertz CT molecular complexity index is 686. The molecule has 0 fully saturated rings. The van der Waals surface area contributed by atoms with Gasteiger partial charge in [-0.3, -0.25) is 4.79 Å². The summed E-state index contributed by atoms with van der Waals surface area (Å²) in [5, 5.41) is 2.85. The molecule has 0 spiro atoms. The predicted molar refractivity (Wildman–Crippen MR) is 87.4 cm³/mol. The van der Waals surface area contributed by atoms with Gasteiger partial charge in [0.1, 0.15) is 5.82 Å². The van der Waals surface area contributed by atoms with Crippen LogP contribution in [0.15, 0.2) is 30.3 Å². The van der Waals surface area contributed by atoms with E-state index in [1.807, 2.05) is 48.6 Å². The number of nitrogen functional groups attached to an aromatic ring is 1. The van der Waals surface area contributed by atoms with Crippen LogP contribution in [0.4, 0.5) is 15.8 Å². The number of halogens is 2. The molecule has 0 unspecified atom stereocenters. The molecule has 2 aromatic carbocycles. The molecule has 0 saturated heterocycles. The fourth-order valence-electron chi connectivity index (χ4n) is 1.91. The van der Waals surface area contributed by atoms with Crippen LogP contribution >= 0.6 is 22.6 Å². The van der Waals surface area contributed by atoms with Crippen LogP contribution in [0.3, 0.4) is 0 Å². The minimum Gasteiger partial charge on any atom is -0.398 e. The first-order valence-corrected chi connectivity index (χ1v) is 7.10. The van der Waals surface area contributed by atoms with Crippen LogP contribution in [0.25, 0.3) is 0 Å². The van der Waals surface area contributed by atoms with Gasteiger partial charge in [0.05, 0.1) is 5.56 Å². The van der Waals surface area contributed by atoms with Crippen molar-refractivity contribution >= 4 is 39.9 Å². The number of hydrogen-bond donors (Lipinski definition) is 2. The van der Waals surface area contributed by atoms with E-state index in [0.29, 0.717) is 20.5 Å². The summed E-state index contributed by atoms with van der Waals surface area (Å²) in [5.74, 6) is -0.631. The van der Waals surface area contributed by atoms with Crippen LogP contribution in [0.5, 0.6) is 0 Å². The van der Waals surface area contributed by atoms with E-state index in [0.717, 1.165) is 11.1 Å². The van der Waals surface area contributed by atoms with Crippen molar-refractivity contribution in [1.29, 1.82) is 0 Å². The molecule has 0 heterocycles. The monoisotopic (exact) mass is 384 g/mol. The minimum absolute atomic E-state index is 0.272. The first-order valence-electron chi connectivity index (χ1n) is 6.02. The molecule has 0 aliphatic heterocycles. The Morgan fingerprint density at radius 2 is 1.95 bits per heavy atom. The number of hydrogen-bond acceptors (Lipinski definition) is 2. The normalized spacial score (nSPS) is 10.4. The molecule has 0 saturated carbocycles. The van der Waals surface area contributed by atoms with Crippen molar-refractivity contribution in [2.24, 2.45) is 0 Å². The molecular weight excluding hydrogens is 370 g/mol. The molecule has 3 N–H and O–H groups in total. The standard InChI is InChI=1S/C15H14FIN2O/c1-8-3-6-13(18)9(2)14(8)19-15(20)11-5-4-10(16)7-12(11)17/h3-7H,18H2,1-2H3,(H,19,20). The zero-order valence-corrected chi connectivity index (χ0v) is 13.3. The van der Waals surface area contributed by atoms with Crippen molar-refractivity contribution in [1.82, 2.24) is 0 Å². The Morgan fingerprint density at radius 3 is 2.60 bits per heavy atom. The molecule has 104 valence electrons. The number of benzene rings is 2. The second kappa shape index (κ2) is 5.78. The van der Waals surface area contributed by atoms with E-state index in [-0.39, 0.29) is 11.7 Å². The Morgan fingerprint density at radius 1 is 1.25 bits per heavy atom. The fraction of sp³-hybridized carbons (Fsp3) is 0.133. The van der Waals surface area contributed by atoms with Crippen LogP contribution in [-0.2, 0) is 0 Å². The summed E-state index contributed by atoms with van der Waals surface area (Å²) in [7, 11) is 0. The smallest absolute Gasteiger partial charge is 0.256 e. The van der Waals surface area contributed by atoms with Crippen molar-refractivity contribution in [3.05, 3.63) is 56.4 Å². The van der Waals surface area contributed by atoms with Gasteiger partial charge in [-0.25, -0.2) is 4.39 Å². The van der Waals surface area contributed by atoms with Gasteiger partial charge < -0.3 is 11.1 Å². The summed E-state index contributed by atoms with van der Waals surface area (Å²) in [6, 6.07) is 7.74. The lowest BCUT2D eigenvalue weighted by Crippen LogP contribution is -2.15. The lowest BCUT2D eigenvalue weighted by molar-refractivity contribution is 0.102. The van der Waals surface area contributed by atoms with E-state index in [4.69, 9.17) is 5.73 Å². The number of carbonyl (C=O) groups excluding carboxylic acids is 1. The zero-order valence-electron chi connectivity index (χ0n) is 11.1. The Kier molecular flexibility index (Phi) is 4.27. The summed E-state index contributed by atoms with van der Waals surface area (Å²) >= 11 is 1.94. The first kappa shape index (κ1) is 14.8.